The van der Waals surface area contributed by atoms with E-state index in [1.54, 1.807) is 0 Å². The Labute approximate surface area is 101 Å². The summed E-state index contributed by atoms with van der Waals surface area (Å²) in [4.78, 5) is 23.7. The number of ether oxygens (including phenoxy) is 1. The number of hydrogen-bond acceptors (Lipinski definition) is 3. The van der Waals surface area contributed by atoms with E-state index in [4.69, 9.17) is 4.74 Å². The maximum Gasteiger partial charge on any atom is 0.310 e. The molecule has 1 heterocycles. The van der Waals surface area contributed by atoms with Crippen molar-refractivity contribution in [3.8, 4) is 0 Å². The highest BCUT2D eigenvalue weighted by atomic mass is 16.5. The summed E-state index contributed by atoms with van der Waals surface area (Å²) >= 11 is 0. The molecule has 0 aromatic rings. The second-order valence-electron chi connectivity index (χ2n) is 5.57. The lowest BCUT2D eigenvalue weighted by molar-refractivity contribution is -0.157. The molecule has 2 aliphatic carbocycles. The second kappa shape index (κ2) is 4.31. The number of piperidine rings is 1. The fourth-order valence-electron chi connectivity index (χ4n) is 3.13. The first-order valence-corrected chi connectivity index (χ1v) is 6.74. The van der Waals surface area contributed by atoms with Crippen LogP contribution in [0.2, 0.25) is 0 Å². The zero-order chi connectivity index (χ0) is 11.8. The number of amides is 1. The number of rotatable bonds is 2. The van der Waals surface area contributed by atoms with Crippen LogP contribution in [0.3, 0.4) is 0 Å². The zero-order valence-electron chi connectivity index (χ0n) is 9.98. The molecule has 94 valence electrons. The van der Waals surface area contributed by atoms with Gasteiger partial charge in [-0.25, -0.2) is 0 Å². The summed E-state index contributed by atoms with van der Waals surface area (Å²) in [5, 5.41) is 3.03. The van der Waals surface area contributed by atoms with Gasteiger partial charge in [0.05, 0.1) is 5.92 Å². The average molecular weight is 237 g/mol. The quantitative estimate of drug-likeness (QED) is 0.738. The Morgan fingerprint density at radius 1 is 1.18 bits per heavy atom. The molecular weight excluding hydrogens is 218 g/mol. The number of carbonyl (C=O) groups is 2. The van der Waals surface area contributed by atoms with E-state index >= 15 is 0 Å². The molecule has 3 rings (SSSR count). The minimum Gasteiger partial charge on any atom is -0.462 e. The average Bonchev–Trinajstić information content (AvgIpc) is 3.11. The third-order valence-corrected chi connectivity index (χ3v) is 4.20. The van der Waals surface area contributed by atoms with Gasteiger partial charge in [0.2, 0.25) is 5.91 Å². The van der Waals surface area contributed by atoms with Gasteiger partial charge < -0.3 is 10.1 Å². The predicted molar refractivity (Wildman–Crippen MR) is 61.1 cm³/mol. The zero-order valence-corrected chi connectivity index (χ0v) is 9.98. The SMILES string of the molecule is O=C1CC(C(=O)OC2CC2)C2CCCCC2N1. The highest BCUT2D eigenvalue weighted by Gasteiger charge is 2.43. The van der Waals surface area contributed by atoms with Gasteiger partial charge in [-0.2, -0.15) is 0 Å². The van der Waals surface area contributed by atoms with Crippen LogP contribution in [-0.4, -0.2) is 24.0 Å². The van der Waals surface area contributed by atoms with Gasteiger partial charge in [-0.1, -0.05) is 12.8 Å². The van der Waals surface area contributed by atoms with E-state index in [9.17, 15) is 9.59 Å². The van der Waals surface area contributed by atoms with Crippen LogP contribution in [0.25, 0.3) is 0 Å². The Balaban J connectivity index is 1.70. The molecule has 1 aliphatic heterocycles. The molecule has 1 amide bonds. The van der Waals surface area contributed by atoms with Crippen LogP contribution < -0.4 is 5.32 Å². The van der Waals surface area contributed by atoms with Crippen molar-refractivity contribution in [2.45, 2.75) is 57.1 Å². The largest absolute Gasteiger partial charge is 0.462 e. The van der Waals surface area contributed by atoms with Crippen LogP contribution in [0.5, 0.6) is 0 Å². The molecule has 0 radical (unpaired) electrons. The van der Waals surface area contributed by atoms with Crippen molar-refractivity contribution in [2.24, 2.45) is 11.8 Å². The Morgan fingerprint density at radius 2 is 1.94 bits per heavy atom. The molecule has 0 bridgehead atoms. The van der Waals surface area contributed by atoms with Crippen molar-refractivity contribution in [3.63, 3.8) is 0 Å². The molecule has 0 spiro atoms. The maximum absolute atomic E-state index is 12.0. The van der Waals surface area contributed by atoms with Crippen LogP contribution in [-0.2, 0) is 14.3 Å². The maximum atomic E-state index is 12.0. The Hall–Kier alpha value is -1.06. The lowest BCUT2D eigenvalue weighted by Gasteiger charge is -2.40. The van der Waals surface area contributed by atoms with Crippen molar-refractivity contribution in [3.05, 3.63) is 0 Å². The summed E-state index contributed by atoms with van der Waals surface area (Å²) in [6.45, 7) is 0. The Morgan fingerprint density at radius 3 is 2.71 bits per heavy atom. The van der Waals surface area contributed by atoms with Gasteiger partial charge in [-0.3, -0.25) is 9.59 Å². The molecule has 17 heavy (non-hydrogen) atoms. The molecule has 4 nitrogen and oxygen atoms in total. The summed E-state index contributed by atoms with van der Waals surface area (Å²) in [6.07, 6.45) is 6.87. The van der Waals surface area contributed by atoms with Gasteiger partial charge in [0.15, 0.2) is 0 Å². The highest BCUT2D eigenvalue weighted by Crippen LogP contribution is 2.37. The van der Waals surface area contributed by atoms with Crippen LogP contribution in [0, 0.1) is 11.8 Å². The van der Waals surface area contributed by atoms with Crippen molar-refractivity contribution in [1.82, 2.24) is 5.32 Å². The van der Waals surface area contributed by atoms with Gasteiger partial charge in [-0.15, -0.1) is 0 Å². The van der Waals surface area contributed by atoms with E-state index in [0.717, 1.165) is 32.1 Å². The number of esters is 1. The van der Waals surface area contributed by atoms with E-state index < -0.39 is 0 Å². The molecule has 1 saturated heterocycles. The van der Waals surface area contributed by atoms with Gasteiger partial charge in [0.25, 0.3) is 0 Å². The molecule has 3 atom stereocenters. The third-order valence-electron chi connectivity index (χ3n) is 4.20. The number of fused-ring (bicyclic) bond motifs is 1. The van der Waals surface area contributed by atoms with E-state index in [-0.39, 0.29) is 29.9 Å². The standard InChI is InChI=1S/C13H19NO3/c15-12-7-10(13(16)17-8-5-6-8)9-3-1-2-4-11(9)14-12/h8-11H,1-7H2,(H,14,15). The Bertz CT molecular complexity index is 338. The van der Waals surface area contributed by atoms with Gasteiger partial charge >= 0.3 is 5.97 Å². The minimum absolute atomic E-state index is 0.0193. The fourth-order valence-corrected chi connectivity index (χ4v) is 3.13. The number of nitrogens with one attached hydrogen (secondary N) is 1. The molecule has 0 aromatic carbocycles. The smallest absolute Gasteiger partial charge is 0.310 e. The van der Waals surface area contributed by atoms with Crippen LogP contribution in [0.4, 0.5) is 0 Å². The molecular formula is C13H19NO3. The molecule has 3 fully saturated rings. The van der Waals surface area contributed by atoms with Crippen molar-refractivity contribution < 1.29 is 14.3 Å². The summed E-state index contributed by atoms with van der Waals surface area (Å²) in [5.41, 5.74) is 0. The highest BCUT2D eigenvalue weighted by molar-refractivity contribution is 5.85. The normalized spacial score (nSPS) is 36.9. The molecule has 4 heteroatoms. The molecule has 3 unspecified atom stereocenters. The Kier molecular flexibility index (Phi) is 2.81. The van der Waals surface area contributed by atoms with E-state index in [2.05, 4.69) is 5.32 Å². The summed E-state index contributed by atoms with van der Waals surface area (Å²) in [5.74, 6) is 0.0208. The van der Waals surface area contributed by atoms with Gasteiger partial charge in [-0.05, 0) is 31.6 Å². The van der Waals surface area contributed by atoms with Crippen LogP contribution in [0.1, 0.15) is 44.9 Å². The topological polar surface area (TPSA) is 55.4 Å². The van der Waals surface area contributed by atoms with Crippen molar-refractivity contribution in [2.75, 3.05) is 0 Å². The first kappa shape index (κ1) is 11.1. The van der Waals surface area contributed by atoms with E-state index in [1.165, 1.54) is 6.42 Å². The lowest BCUT2D eigenvalue weighted by atomic mass is 9.72. The predicted octanol–water partition coefficient (Wildman–Crippen LogP) is 1.39. The molecule has 2 saturated carbocycles. The first-order valence-electron chi connectivity index (χ1n) is 6.74. The lowest BCUT2D eigenvalue weighted by Crippen LogP contribution is -2.52. The molecule has 3 aliphatic rings. The monoisotopic (exact) mass is 237 g/mol. The number of carbonyl (C=O) groups excluding carboxylic acids is 2. The number of hydrogen-bond donors (Lipinski definition) is 1. The third kappa shape index (κ3) is 2.31. The van der Waals surface area contributed by atoms with Crippen molar-refractivity contribution >= 4 is 11.9 Å². The second-order valence-corrected chi connectivity index (χ2v) is 5.57. The first-order chi connectivity index (χ1) is 8.24. The van der Waals surface area contributed by atoms with E-state index in [1.807, 2.05) is 0 Å². The molecule has 1 N–H and O–H groups in total. The van der Waals surface area contributed by atoms with Gasteiger partial charge in [0, 0.05) is 12.5 Å². The van der Waals surface area contributed by atoms with E-state index in [0.29, 0.717) is 12.3 Å². The van der Waals surface area contributed by atoms with Gasteiger partial charge in [0.1, 0.15) is 6.10 Å². The summed E-state index contributed by atoms with van der Waals surface area (Å²) in [6, 6.07) is 0.210. The minimum atomic E-state index is -0.186. The van der Waals surface area contributed by atoms with Crippen LogP contribution >= 0.6 is 0 Å². The summed E-state index contributed by atoms with van der Waals surface area (Å²) < 4.78 is 5.38. The van der Waals surface area contributed by atoms with Crippen LogP contribution in [0.15, 0.2) is 0 Å². The molecule has 0 aromatic heterocycles. The van der Waals surface area contributed by atoms with Crippen molar-refractivity contribution in [1.29, 1.82) is 0 Å². The fraction of sp³-hybridized carbons (Fsp3) is 0.846. The summed E-state index contributed by atoms with van der Waals surface area (Å²) in [7, 11) is 0.